The number of alkyl halides is 3. The molecule has 1 saturated heterocycles. The fourth-order valence-corrected chi connectivity index (χ4v) is 1.88. The maximum atomic E-state index is 12.5. The third-order valence-corrected chi connectivity index (χ3v) is 2.67. The Morgan fingerprint density at radius 3 is 2.80 bits per heavy atom. The molecule has 0 bridgehead atoms. The van der Waals surface area contributed by atoms with Gasteiger partial charge in [-0.25, -0.2) is 0 Å². The predicted octanol–water partition coefficient (Wildman–Crippen LogP) is 1.74. The van der Waals surface area contributed by atoms with Crippen molar-refractivity contribution in [1.29, 1.82) is 0 Å². The summed E-state index contributed by atoms with van der Waals surface area (Å²) in [5.41, 5.74) is 0. The van der Waals surface area contributed by atoms with Gasteiger partial charge >= 0.3 is 6.18 Å². The van der Waals surface area contributed by atoms with E-state index in [1.165, 1.54) is 0 Å². The van der Waals surface area contributed by atoms with Crippen molar-refractivity contribution < 1.29 is 13.2 Å². The molecule has 0 saturated carbocycles. The van der Waals surface area contributed by atoms with Crippen LogP contribution in [0.1, 0.15) is 18.9 Å². The first kappa shape index (κ1) is 10.5. The lowest BCUT2D eigenvalue weighted by atomic mass is 9.99. The van der Waals surface area contributed by atoms with Crippen LogP contribution in [0.15, 0.2) is 18.5 Å². The van der Waals surface area contributed by atoms with Gasteiger partial charge in [-0.05, 0) is 25.5 Å². The molecule has 0 aliphatic carbocycles. The molecule has 15 heavy (non-hydrogen) atoms. The highest BCUT2D eigenvalue weighted by atomic mass is 19.4. The molecule has 3 nitrogen and oxygen atoms in total. The van der Waals surface area contributed by atoms with E-state index in [1.54, 1.807) is 23.1 Å². The molecule has 0 amide bonds. The second-order valence-corrected chi connectivity index (χ2v) is 3.71. The van der Waals surface area contributed by atoms with Crippen LogP contribution in [0.3, 0.4) is 0 Å². The lowest BCUT2D eigenvalue weighted by Crippen LogP contribution is -2.48. The smallest absolute Gasteiger partial charge is 0.306 e. The van der Waals surface area contributed by atoms with E-state index >= 15 is 0 Å². The maximum absolute atomic E-state index is 12.5. The van der Waals surface area contributed by atoms with Gasteiger partial charge in [0.05, 0.1) is 6.04 Å². The summed E-state index contributed by atoms with van der Waals surface area (Å²) in [7, 11) is 0. The van der Waals surface area contributed by atoms with Crippen LogP contribution in [-0.2, 0) is 0 Å². The number of nitrogens with zero attached hydrogens (tertiary/aromatic N) is 2. The first-order valence-electron chi connectivity index (χ1n) is 4.86. The monoisotopic (exact) mass is 219 g/mol. The molecule has 6 heteroatoms. The molecular formula is C9H12F3N3. The number of nitrogens with one attached hydrogen (secondary N) is 1. The maximum Gasteiger partial charge on any atom is 0.403 e. The van der Waals surface area contributed by atoms with E-state index in [9.17, 15) is 13.2 Å². The Morgan fingerprint density at radius 2 is 2.20 bits per heavy atom. The molecule has 84 valence electrons. The summed E-state index contributed by atoms with van der Waals surface area (Å²) >= 11 is 0. The van der Waals surface area contributed by atoms with Gasteiger partial charge in [-0.3, -0.25) is 4.68 Å². The Morgan fingerprint density at radius 1 is 1.40 bits per heavy atom. The number of hydrogen-bond acceptors (Lipinski definition) is 2. The van der Waals surface area contributed by atoms with E-state index in [4.69, 9.17) is 0 Å². The van der Waals surface area contributed by atoms with Crippen LogP contribution in [-0.4, -0.2) is 28.5 Å². The Balaban J connectivity index is 2.05. The number of rotatable bonds is 1. The number of hydrogen-bond donors (Lipinski definition) is 1. The van der Waals surface area contributed by atoms with E-state index in [0.717, 1.165) is 0 Å². The molecule has 1 aliphatic heterocycles. The largest absolute Gasteiger partial charge is 0.403 e. The van der Waals surface area contributed by atoms with Gasteiger partial charge in [-0.15, -0.1) is 0 Å². The standard InChI is InChI=1S/C9H12F3N3/c10-9(11,12)8-6-7(2-4-13-8)15-5-1-3-14-15/h1,3,5,7-8,13H,2,4,6H2/t7-,8-/m0/s1. The van der Waals surface area contributed by atoms with Gasteiger partial charge in [0.1, 0.15) is 6.04 Å². The van der Waals surface area contributed by atoms with Crippen LogP contribution in [0.5, 0.6) is 0 Å². The summed E-state index contributed by atoms with van der Waals surface area (Å²) in [5, 5.41) is 6.46. The zero-order valence-corrected chi connectivity index (χ0v) is 8.04. The molecule has 0 radical (unpaired) electrons. The summed E-state index contributed by atoms with van der Waals surface area (Å²) in [4.78, 5) is 0. The van der Waals surface area contributed by atoms with Crippen molar-refractivity contribution in [3.63, 3.8) is 0 Å². The molecule has 1 aromatic rings. The SMILES string of the molecule is FC(F)(F)[C@@H]1C[C@@H](n2cccn2)CCN1. The number of halogens is 3. The molecule has 0 aromatic carbocycles. The summed E-state index contributed by atoms with van der Waals surface area (Å²) in [6.07, 6.45) is -0.112. The third kappa shape index (κ3) is 2.31. The third-order valence-electron chi connectivity index (χ3n) is 2.67. The fourth-order valence-electron chi connectivity index (χ4n) is 1.88. The summed E-state index contributed by atoms with van der Waals surface area (Å²) < 4.78 is 39.0. The lowest BCUT2D eigenvalue weighted by Gasteiger charge is -2.31. The van der Waals surface area contributed by atoms with Crippen molar-refractivity contribution in [3.05, 3.63) is 18.5 Å². The van der Waals surface area contributed by atoms with Crippen molar-refractivity contribution in [2.75, 3.05) is 6.54 Å². The van der Waals surface area contributed by atoms with Gasteiger partial charge in [-0.2, -0.15) is 18.3 Å². The van der Waals surface area contributed by atoms with E-state index in [-0.39, 0.29) is 12.5 Å². The summed E-state index contributed by atoms with van der Waals surface area (Å²) in [6.45, 7) is 0.384. The van der Waals surface area contributed by atoms with Crippen LogP contribution < -0.4 is 5.32 Å². The Kier molecular flexibility index (Phi) is 2.68. The minimum Gasteiger partial charge on any atom is -0.306 e. The summed E-state index contributed by atoms with van der Waals surface area (Å²) in [5.74, 6) is 0. The van der Waals surface area contributed by atoms with Gasteiger partial charge in [0.2, 0.25) is 0 Å². The van der Waals surface area contributed by atoms with E-state index in [1.807, 2.05) is 0 Å². The first-order chi connectivity index (χ1) is 7.07. The Hall–Kier alpha value is -1.04. The normalized spacial score (nSPS) is 27.9. The van der Waals surface area contributed by atoms with Crippen molar-refractivity contribution in [1.82, 2.24) is 15.1 Å². The average molecular weight is 219 g/mol. The van der Waals surface area contributed by atoms with Crippen LogP contribution in [0.25, 0.3) is 0 Å². The molecule has 1 fully saturated rings. The Labute approximate surface area is 85.3 Å². The fraction of sp³-hybridized carbons (Fsp3) is 0.667. The highest BCUT2D eigenvalue weighted by molar-refractivity contribution is 4.89. The molecular weight excluding hydrogens is 207 g/mol. The topological polar surface area (TPSA) is 29.9 Å². The molecule has 1 aromatic heterocycles. The van der Waals surface area contributed by atoms with Crippen LogP contribution in [0.4, 0.5) is 13.2 Å². The second-order valence-electron chi connectivity index (χ2n) is 3.71. The van der Waals surface area contributed by atoms with Crippen LogP contribution in [0, 0.1) is 0 Å². The highest BCUT2D eigenvalue weighted by Gasteiger charge is 2.42. The van der Waals surface area contributed by atoms with Gasteiger partial charge < -0.3 is 5.32 Å². The average Bonchev–Trinajstić information content (AvgIpc) is 2.69. The minimum absolute atomic E-state index is 0.0607. The van der Waals surface area contributed by atoms with Gasteiger partial charge in [0, 0.05) is 12.4 Å². The van der Waals surface area contributed by atoms with Crippen molar-refractivity contribution in [2.24, 2.45) is 0 Å². The van der Waals surface area contributed by atoms with Crippen molar-refractivity contribution in [3.8, 4) is 0 Å². The van der Waals surface area contributed by atoms with Crippen molar-refractivity contribution >= 4 is 0 Å². The van der Waals surface area contributed by atoms with Crippen LogP contribution in [0.2, 0.25) is 0 Å². The van der Waals surface area contributed by atoms with E-state index < -0.39 is 12.2 Å². The number of piperidine rings is 1. The zero-order valence-electron chi connectivity index (χ0n) is 8.04. The molecule has 2 heterocycles. The second kappa shape index (κ2) is 3.84. The highest BCUT2D eigenvalue weighted by Crippen LogP contribution is 2.30. The number of aromatic nitrogens is 2. The van der Waals surface area contributed by atoms with Crippen LogP contribution >= 0.6 is 0 Å². The first-order valence-corrected chi connectivity index (χ1v) is 4.86. The molecule has 1 N–H and O–H groups in total. The minimum atomic E-state index is -4.16. The van der Waals surface area contributed by atoms with Gasteiger partial charge in [0.15, 0.2) is 0 Å². The van der Waals surface area contributed by atoms with E-state index in [2.05, 4.69) is 10.4 Å². The lowest BCUT2D eigenvalue weighted by molar-refractivity contribution is -0.163. The molecule has 0 unspecified atom stereocenters. The van der Waals surface area contributed by atoms with Gasteiger partial charge in [-0.1, -0.05) is 0 Å². The van der Waals surface area contributed by atoms with Gasteiger partial charge in [0.25, 0.3) is 0 Å². The molecule has 2 atom stereocenters. The van der Waals surface area contributed by atoms with E-state index in [0.29, 0.717) is 13.0 Å². The predicted molar refractivity (Wildman–Crippen MR) is 48.3 cm³/mol. The molecule has 0 spiro atoms. The summed E-state index contributed by atoms with van der Waals surface area (Å²) in [6, 6.07) is 0.179. The molecule has 1 aliphatic rings. The molecule has 2 rings (SSSR count). The zero-order chi connectivity index (χ0) is 10.9. The Bertz CT molecular complexity index is 307. The quantitative estimate of drug-likeness (QED) is 0.779. The van der Waals surface area contributed by atoms with Crippen molar-refractivity contribution in [2.45, 2.75) is 31.1 Å².